The molecule has 7 nitrogen and oxygen atoms in total. The van der Waals surface area contributed by atoms with E-state index in [4.69, 9.17) is 5.26 Å². The minimum atomic E-state index is -3.72. The highest BCUT2D eigenvalue weighted by molar-refractivity contribution is 7.90. The first-order chi connectivity index (χ1) is 11.2. The third-order valence-corrected chi connectivity index (χ3v) is 4.36. The van der Waals surface area contributed by atoms with Crippen molar-refractivity contribution >= 4 is 21.2 Å². The summed E-state index contributed by atoms with van der Waals surface area (Å²) in [5, 5.41) is 22.2. The fraction of sp³-hybridized carbons (Fsp3) is 0.133. The first-order valence-corrected chi connectivity index (χ1v) is 8.52. The third kappa shape index (κ3) is 3.85. The van der Waals surface area contributed by atoms with E-state index < -0.39 is 20.6 Å². The fourth-order valence-corrected chi connectivity index (χ4v) is 2.90. The summed E-state index contributed by atoms with van der Waals surface area (Å²) in [5.74, 6) is -0.607. The lowest BCUT2D eigenvalue weighted by atomic mass is 10.1. The third-order valence-electron chi connectivity index (χ3n) is 3.23. The Morgan fingerprint density at radius 1 is 1.29 bits per heavy atom. The monoisotopic (exact) mass is 349 g/mol. The van der Waals surface area contributed by atoms with Crippen LogP contribution in [0.1, 0.15) is 11.1 Å². The molecule has 24 heavy (non-hydrogen) atoms. The zero-order valence-corrected chi connectivity index (χ0v) is 13.3. The summed E-state index contributed by atoms with van der Waals surface area (Å²) < 4.78 is 37.5. The van der Waals surface area contributed by atoms with E-state index in [0.717, 1.165) is 24.5 Å². The number of halogens is 1. The molecule has 0 aliphatic rings. The number of nitrogens with zero attached hydrogens (tertiary/aromatic N) is 2. The molecule has 2 aromatic rings. The number of hydrogen-bond donors (Lipinski definition) is 1. The van der Waals surface area contributed by atoms with Crippen LogP contribution in [-0.2, 0) is 16.4 Å². The maximum Gasteiger partial charge on any atom is 0.270 e. The number of hydrogen-bond acceptors (Lipinski definition) is 6. The summed E-state index contributed by atoms with van der Waals surface area (Å²) in [7, 11) is -3.72. The molecule has 0 bridgehead atoms. The minimum absolute atomic E-state index is 0.0438. The Morgan fingerprint density at radius 2 is 2.00 bits per heavy atom. The van der Waals surface area contributed by atoms with Crippen molar-refractivity contribution in [3.8, 4) is 6.07 Å². The summed E-state index contributed by atoms with van der Waals surface area (Å²) in [6, 6.07) is 9.10. The Bertz CT molecular complexity index is 952. The van der Waals surface area contributed by atoms with Crippen LogP contribution in [0.4, 0.5) is 15.8 Å². The van der Waals surface area contributed by atoms with Crippen molar-refractivity contribution in [1.82, 2.24) is 0 Å². The lowest BCUT2D eigenvalue weighted by molar-refractivity contribution is -0.385. The van der Waals surface area contributed by atoms with Gasteiger partial charge in [0.15, 0.2) is 9.84 Å². The molecule has 0 saturated carbocycles. The number of nitro benzene ring substituents is 1. The number of sulfone groups is 1. The maximum atomic E-state index is 13.8. The van der Waals surface area contributed by atoms with E-state index in [1.54, 1.807) is 0 Å². The number of rotatable bonds is 5. The summed E-state index contributed by atoms with van der Waals surface area (Å²) in [6.07, 6.45) is 0.930. The summed E-state index contributed by atoms with van der Waals surface area (Å²) >= 11 is 0. The summed E-state index contributed by atoms with van der Waals surface area (Å²) in [5.41, 5.74) is 0.174. The summed E-state index contributed by atoms with van der Waals surface area (Å²) in [6.45, 7) is -0.0438. The van der Waals surface area contributed by atoms with Crippen molar-refractivity contribution in [2.75, 3.05) is 11.6 Å². The molecule has 0 aliphatic carbocycles. The van der Waals surface area contributed by atoms with Gasteiger partial charge in [0, 0.05) is 30.5 Å². The molecule has 1 N–H and O–H groups in total. The number of anilines is 1. The van der Waals surface area contributed by atoms with E-state index in [0.29, 0.717) is 0 Å². The van der Waals surface area contributed by atoms with Crippen LogP contribution < -0.4 is 5.32 Å². The Balaban J connectivity index is 2.33. The van der Waals surface area contributed by atoms with Gasteiger partial charge in [-0.05, 0) is 18.2 Å². The minimum Gasteiger partial charge on any atom is -0.380 e. The van der Waals surface area contributed by atoms with E-state index >= 15 is 0 Å². The smallest absolute Gasteiger partial charge is 0.270 e. The number of nitriles is 1. The second-order valence-electron chi connectivity index (χ2n) is 4.98. The van der Waals surface area contributed by atoms with E-state index in [-0.39, 0.29) is 33.9 Å². The molecule has 0 saturated heterocycles. The van der Waals surface area contributed by atoms with Crippen LogP contribution in [0.25, 0.3) is 0 Å². The maximum absolute atomic E-state index is 13.8. The zero-order chi connectivity index (χ0) is 17.9. The first kappa shape index (κ1) is 17.4. The van der Waals surface area contributed by atoms with Crippen LogP contribution in [0.5, 0.6) is 0 Å². The second kappa shape index (κ2) is 6.64. The zero-order valence-electron chi connectivity index (χ0n) is 12.5. The predicted octanol–water partition coefficient (Wildman–Crippen LogP) is 2.62. The highest BCUT2D eigenvalue weighted by Crippen LogP contribution is 2.27. The topological polar surface area (TPSA) is 113 Å². The Kier molecular flexibility index (Phi) is 4.80. The molecule has 0 radical (unpaired) electrons. The predicted molar refractivity (Wildman–Crippen MR) is 84.6 cm³/mol. The van der Waals surface area contributed by atoms with Crippen molar-refractivity contribution in [2.45, 2.75) is 11.4 Å². The van der Waals surface area contributed by atoms with Gasteiger partial charge in [-0.2, -0.15) is 5.26 Å². The second-order valence-corrected chi connectivity index (χ2v) is 6.97. The molecular weight excluding hydrogens is 337 g/mol. The fourth-order valence-electron chi connectivity index (χ4n) is 2.03. The highest BCUT2D eigenvalue weighted by Gasteiger charge is 2.18. The van der Waals surface area contributed by atoms with Crippen LogP contribution >= 0.6 is 0 Å². The van der Waals surface area contributed by atoms with Gasteiger partial charge in [0.1, 0.15) is 5.82 Å². The molecule has 9 heteroatoms. The van der Waals surface area contributed by atoms with Gasteiger partial charge in [-0.25, -0.2) is 12.8 Å². The van der Waals surface area contributed by atoms with Crippen molar-refractivity contribution in [3.63, 3.8) is 0 Å². The molecule has 2 aromatic carbocycles. The highest BCUT2D eigenvalue weighted by atomic mass is 32.2. The van der Waals surface area contributed by atoms with E-state index in [1.807, 2.05) is 6.07 Å². The molecule has 0 aliphatic heterocycles. The van der Waals surface area contributed by atoms with E-state index in [9.17, 15) is 22.9 Å². The molecule has 0 fully saturated rings. The molecule has 124 valence electrons. The Morgan fingerprint density at radius 3 is 2.54 bits per heavy atom. The van der Waals surface area contributed by atoms with Gasteiger partial charge >= 0.3 is 0 Å². The van der Waals surface area contributed by atoms with E-state index in [2.05, 4.69) is 5.32 Å². The van der Waals surface area contributed by atoms with E-state index in [1.165, 1.54) is 18.2 Å². The largest absolute Gasteiger partial charge is 0.380 e. The molecule has 0 amide bonds. The van der Waals surface area contributed by atoms with Crippen LogP contribution in [0, 0.1) is 27.3 Å². The number of benzene rings is 2. The average molecular weight is 349 g/mol. The molecule has 0 aromatic heterocycles. The van der Waals surface area contributed by atoms with Gasteiger partial charge in [-0.15, -0.1) is 0 Å². The Hall–Kier alpha value is -2.99. The van der Waals surface area contributed by atoms with Gasteiger partial charge in [-0.1, -0.05) is 6.07 Å². The van der Waals surface area contributed by atoms with Gasteiger partial charge in [-0.3, -0.25) is 10.1 Å². The quantitative estimate of drug-likeness (QED) is 0.656. The number of non-ortho nitro benzene ring substituents is 1. The molecular formula is C15H12FN3O4S. The van der Waals surface area contributed by atoms with Crippen molar-refractivity contribution in [3.05, 3.63) is 63.5 Å². The lowest BCUT2D eigenvalue weighted by Gasteiger charge is -2.11. The SMILES string of the molecule is CS(=O)(=O)c1cc([N+](=O)[O-])ccc1NCc1ccc(C#N)cc1F. The molecule has 0 spiro atoms. The van der Waals surface area contributed by atoms with Crippen LogP contribution in [0.2, 0.25) is 0 Å². The normalized spacial score (nSPS) is 10.9. The summed E-state index contributed by atoms with van der Waals surface area (Å²) in [4.78, 5) is 9.85. The Labute approximate surface area is 137 Å². The van der Waals surface area contributed by atoms with Crippen LogP contribution in [0.3, 0.4) is 0 Å². The van der Waals surface area contributed by atoms with Crippen LogP contribution in [0.15, 0.2) is 41.3 Å². The average Bonchev–Trinajstić information content (AvgIpc) is 2.52. The van der Waals surface area contributed by atoms with Gasteiger partial charge < -0.3 is 5.32 Å². The standard InChI is InChI=1S/C15H12FN3O4S/c1-24(22,23)15-7-12(19(20)21)4-5-14(15)18-9-11-3-2-10(8-17)6-13(11)16/h2-7,18H,9H2,1H3. The van der Waals surface area contributed by atoms with Crippen molar-refractivity contribution < 1.29 is 17.7 Å². The van der Waals surface area contributed by atoms with Crippen molar-refractivity contribution in [1.29, 1.82) is 5.26 Å². The first-order valence-electron chi connectivity index (χ1n) is 6.63. The number of nitrogens with one attached hydrogen (secondary N) is 1. The van der Waals surface area contributed by atoms with Gasteiger partial charge in [0.2, 0.25) is 0 Å². The van der Waals surface area contributed by atoms with Crippen molar-refractivity contribution in [2.24, 2.45) is 0 Å². The molecule has 2 rings (SSSR count). The molecule has 0 heterocycles. The van der Waals surface area contributed by atoms with Gasteiger partial charge in [0.05, 0.1) is 27.1 Å². The van der Waals surface area contributed by atoms with Gasteiger partial charge in [0.25, 0.3) is 5.69 Å². The molecule has 0 atom stereocenters. The lowest BCUT2D eigenvalue weighted by Crippen LogP contribution is -2.08. The number of nitro groups is 1. The van der Waals surface area contributed by atoms with Crippen LogP contribution in [-0.4, -0.2) is 19.6 Å². The molecule has 0 unspecified atom stereocenters.